The highest BCUT2D eigenvalue weighted by Crippen LogP contribution is 2.22. The number of hydrogen-bond donors (Lipinski definition) is 0. The van der Waals surface area contributed by atoms with Gasteiger partial charge in [-0.25, -0.2) is 4.39 Å². The summed E-state index contributed by atoms with van der Waals surface area (Å²) in [4.78, 5) is 0. The molecule has 0 saturated heterocycles. The van der Waals surface area contributed by atoms with Gasteiger partial charge >= 0.3 is 0 Å². The summed E-state index contributed by atoms with van der Waals surface area (Å²) in [5.41, 5.74) is 0.948. The average Bonchev–Trinajstić information content (AvgIpc) is 2.19. The maximum absolute atomic E-state index is 13.1. The van der Waals surface area contributed by atoms with Gasteiger partial charge in [0.2, 0.25) is 0 Å². The van der Waals surface area contributed by atoms with E-state index in [4.69, 9.17) is 4.74 Å². The van der Waals surface area contributed by atoms with Gasteiger partial charge in [-0.2, -0.15) is 0 Å². The van der Waals surface area contributed by atoms with Gasteiger partial charge in [0.1, 0.15) is 6.61 Å². The van der Waals surface area contributed by atoms with Crippen LogP contribution < -0.4 is 4.74 Å². The summed E-state index contributed by atoms with van der Waals surface area (Å²) < 4.78 is 19.2. The molecule has 0 fully saturated rings. The van der Waals surface area contributed by atoms with Gasteiger partial charge in [0.05, 0.1) is 0 Å². The molecule has 0 aromatic heterocycles. The molecule has 0 aliphatic carbocycles. The van der Waals surface area contributed by atoms with Gasteiger partial charge in [0.25, 0.3) is 0 Å². The van der Waals surface area contributed by atoms with Crippen molar-refractivity contribution in [1.82, 2.24) is 0 Å². The summed E-state index contributed by atoms with van der Waals surface area (Å²) >= 11 is 3.25. The van der Waals surface area contributed by atoms with Gasteiger partial charge in [-0.3, -0.25) is 0 Å². The van der Waals surface area contributed by atoms with Crippen molar-refractivity contribution in [3.63, 3.8) is 0 Å². The van der Waals surface area contributed by atoms with Crippen LogP contribution in [0.4, 0.5) is 4.39 Å². The molecule has 1 rings (SSSR count). The average molecular weight is 259 g/mol. The van der Waals surface area contributed by atoms with E-state index in [-0.39, 0.29) is 11.6 Å². The second-order valence-corrected chi connectivity index (χ2v) is 3.88. The van der Waals surface area contributed by atoms with E-state index in [9.17, 15) is 4.39 Å². The van der Waals surface area contributed by atoms with E-state index in [1.165, 1.54) is 6.07 Å². The Balaban J connectivity index is 2.66. The molecule has 0 bridgehead atoms. The van der Waals surface area contributed by atoms with Crippen molar-refractivity contribution in [1.29, 1.82) is 0 Å². The van der Waals surface area contributed by atoms with Crippen molar-refractivity contribution >= 4 is 15.9 Å². The lowest BCUT2D eigenvalue weighted by molar-refractivity contribution is 0.329. The largest absolute Gasteiger partial charge is 0.486 e. The monoisotopic (exact) mass is 258 g/mol. The molecule has 14 heavy (non-hydrogen) atoms. The van der Waals surface area contributed by atoms with Gasteiger partial charge in [-0.1, -0.05) is 29.4 Å². The van der Waals surface area contributed by atoms with Crippen LogP contribution in [0.1, 0.15) is 13.3 Å². The molecule has 0 N–H and O–H groups in total. The van der Waals surface area contributed by atoms with E-state index < -0.39 is 0 Å². The Morgan fingerprint density at radius 3 is 2.93 bits per heavy atom. The van der Waals surface area contributed by atoms with E-state index in [2.05, 4.69) is 22.5 Å². The zero-order valence-corrected chi connectivity index (χ0v) is 9.60. The van der Waals surface area contributed by atoms with Gasteiger partial charge in [0, 0.05) is 4.47 Å². The second kappa shape index (κ2) is 5.15. The minimum absolute atomic E-state index is 0.258. The van der Waals surface area contributed by atoms with Gasteiger partial charge < -0.3 is 4.74 Å². The Labute approximate surface area is 91.7 Å². The summed E-state index contributed by atoms with van der Waals surface area (Å²) in [6.07, 6.45) is 0.843. The molecular weight excluding hydrogens is 247 g/mol. The first-order valence-corrected chi connectivity index (χ1v) is 5.17. The molecule has 3 heteroatoms. The number of ether oxygens (including phenoxy) is 1. The summed E-state index contributed by atoms with van der Waals surface area (Å²) in [6.45, 7) is 6.14. The van der Waals surface area contributed by atoms with E-state index in [1.807, 2.05) is 6.92 Å². The van der Waals surface area contributed by atoms with Gasteiger partial charge in [-0.15, -0.1) is 0 Å². The van der Waals surface area contributed by atoms with Crippen LogP contribution in [-0.4, -0.2) is 6.61 Å². The first-order chi connectivity index (χ1) is 6.63. The van der Waals surface area contributed by atoms with E-state index in [1.54, 1.807) is 12.1 Å². The lowest BCUT2D eigenvalue weighted by Gasteiger charge is -2.08. The van der Waals surface area contributed by atoms with Crippen LogP contribution in [0, 0.1) is 5.82 Å². The molecule has 0 saturated carbocycles. The van der Waals surface area contributed by atoms with E-state index in [0.717, 1.165) is 16.5 Å². The Bertz CT molecular complexity index is 336. The van der Waals surface area contributed by atoms with Gasteiger partial charge in [-0.05, 0) is 30.2 Å². The first kappa shape index (κ1) is 11.2. The Hall–Kier alpha value is -0.830. The molecule has 76 valence electrons. The lowest BCUT2D eigenvalue weighted by Crippen LogP contribution is -2.01. The van der Waals surface area contributed by atoms with Crippen LogP contribution in [0.25, 0.3) is 0 Å². The third-order valence-electron chi connectivity index (χ3n) is 1.83. The normalized spacial score (nSPS) is 9.93. The standard InChI is InChI=1S/C11H12BrFO/c1-3-8(2)7-14-11-6-9(12)4-5-10(11)13/h4-6H,2-3,7H2,1H3. The minimum atomic E-state index is -0.350. The fraction of sp³-hybridized carbons (Fsp3) is 0.273. The van der Waals surface area contributed by atoms with Crippen molar-refractivity contribution in [2.75, 3.05) is 6.61 Å². The third-order valence-corrected chi connectivity index (χ3v) is 2.32. The lowest BCUT2D eigenvalue weighted by atomic mass is 10.2. The molecule has 0 amide bonds. The fourth-order valence-electron chi connectivity index (χ4n) is 0.870. The molecular formula is C11H12BrFO. The summed E-state index contributed by atoms with van der Waals surface area (Å²) in [7, 11) is 0. The Kier molecular flexibility index (Phi) is 4.14. The summed E-state index contributed by atoms with van der Waals surface area (Å²) in [5, 5.41) is 0. The molecule has 0 radical (unpaired) electrons. The quantitative estimate of drug-likeness (QED) is 0.744. The van der Waals surface area contributed by atoms with Crippen molar-refractivity contribution in [3.05, 3.63) is 40.6 Å². The van der Waals surface area contributed by atoms with E-state index >= 15 is 0 Å². The van der Waals surface area contributed by atoms with Crippen LogP contribution in [0.5, 0.6) is 5.75 Å². The maximum atomic E-state index is 13.1. The number of halogens is 2. The van der Waals surface area contributed by atoms with Crippen LogP contribution in [0.3, 0.4) is 0 Å². The maximum Gasteiger partial charge on any atom is 0.165 e. The second-order valence-electron chi connectivity index (χ2n) is 2.97. The predicted octanol–water partition coefficient (Wildman–Crippen LogP) is 3.93. The summed E-state index contributed by atoms with van der Waals surface area (Å²) in [5.74, 6) is -0.0916. The Morgan fingerprint density at radius 2 is 2.29 bits per heavy atom. The highest BCUT2D eigenvalue weighted by Gasteiger charge is 2.03. The van der Waals surface area contributed by atoms with E-state index in [0.29, 0.717) is 6.61 Å². The molecule has 0 aliphatic heterocycles. The SMILES string of the molecule is C=C(CC)COc1cc(Br)ccc1F. The number of benzene rings is 1. The molecule has 0 unspecified atom stereocenters. The fourth-order valence-corrected chi connectivity index (χ4v) is 1.21. The smallest absolute Gasteiger partial charge is 0.165 e. The number of hydrogen-bond acceptors (Lipinski definition) is 1. The van der Waals surface area contributed by atoms with Crippen LogP contribution in [0.15, 0.2) is 34.8 Å². The van der Waals surface area contributed by atoms with Crippen molar-refractivity contribution in [3.8, 4) is 5.75 Å². The van der Waals surface area contributed by atoms with Crippen molar-refractivity contribution in [2.45, 2.75) is 13.3 Å². The zero-order chi connectivity index (χ0) is 10.6. The molecule has 1 aromatic rings. The van der Waals surface area contributed by atoms with Crippen LogP contribution in [-0.2, 0) is 0 Å². The van der Waals surface area contributed by atoms with Crippen molar-refractivity contribution < 1.29 is 9.13 Å². The van der Waals surface area contributed by atoms with Crippen LogP contribution >= 0.6 is 15.9 Å². The topological polar surface area (TPSA) is 9.23 Å². The highest BCUT2D eigenvalue weighted by atomic mass is 79.9. The molecule has 0 aliphatic rings. The van der Waals surface area contributed by atoms with Gasteiger partial charge in [0.15, 0.2) is 11.6 Å². The first-order valence-electron chi connectivity index (χ1n) is 4.38. The minimum Gasteiger partial charge on any atom is -0.486 e. The molecule has 0 spiro atoms. The van der Waals surface area contributed by atoms with Crippen molar-refractivity contribution in [2.24, 2.45) is 0 Å². The highest BCUT2D eigenvalue weighted by molar-refractivity contribution is 9.10. The van der Waals surface area contributed by atoms with Crippen LogP contribution in [0.2, 0.25) is 0 Å². The molecule has 1 nitrogen and oxygen atoms in total. The zero-order valence-electron chi connectivity index (χ0n) is 8.02. The summed E-state index contributed by atoms with van der Waals surface area (Å²) in [6, 6.07) is 4.61. The predicted molar refractivity (Wildman–Crippen MR) is 59.0 cm³/mol. The molecule has 0 heterocycles. The number of rotatable bonds is 4. The molecule has 0 atom stereocenters. The third kappa shape index (κ3) is 3.14. The molecule has 1 aromatic carbocycles. The Morgan fingerprint density at radius 1 is 1.57 bits per heavy atom.